The van der Waals surface area contributed by atoms with Crippen LogP contribution >= 0.6 is 0 Å². The molecule has 1 saturated heterocycles. The maximum absolute atomic E-state index is 10.5. The van der Waals surface area contributed by atoms with Gasteiger partial charge < -0.3 is 0 Å². The molecule has 13 heavy (non-hydrogen) atoms. The lowest BCUT2D eigenvalue weighted by Gasteiger charge is -2.36. The summed E-state index contributed by atoms with van der Waals surface area (Å²) in [5.41, 5.74) is 0.130. The van der Waals surface area contributed by atoms with Crippen molar-refractivity contribution in [2.24, 2.45) is 16.1 Å². The minimum Gasteiger partial charge on any atom is -0.259 e. The van der Waals surface area contributed by atoms with Gasteiger partial charge in [-0.25, -0.2) is 0 Å². The van der Waals surface area contributed by atoms with Crippen molar-refractivity contribution in [3.63, 3.8) is 0 Å². The van der Waals surface area contributed by atoms with Gasteiger partial charge in [-0.2, -0.15) is 0 Å². The summed E-state index contributed by atoms with van der Waals surface area (Å²) in [6, 6.07) is 0. The van der Waals surface area contributed by atoms with Crippen molar-refractivity contribution >= 4 is 0 Å². The van der Waals surface area contributed by atoms with Crippen LogP contribution in [0.1, 0.15) is 13.8 Å². The zero-order chi connectivity index (χ0) is 9.53. The quantitative estimate of drug-likeness (QED) is 0.576. The van der Waals surface area contributed by atoms with E-state index in [9.17, 15) is 4.91 Å². The molecule has 3 nitrogen and oxygen atoms in total. The largest absolute Gasteiger partial charge is 0.259 e. The van der Waals surface area contributed by atoms with Crippen molar-refractivity contribution < 1.29 is 0 Å². The van der Waals surface area contributed by atoms with Gasteiger partial charge in [-0.05, 0) is 0 Å². The zero-order valence-electron chi connectivity index (χ0n) is 8.03. The lowest BCUT2D eigenvalue weighted by atomic mass is 9.66. The molecule has 0 unspecified atom stereocenters. The van der Waals surface area contributed by atoms with Crippen LogP contribution in [0.15, 0.2) is 29.6 Å². The Labute approximate surface area is 78.1 Å². The number of nitroso groups, excluding NO2 is 1. The Bertz CT molecular complexity index is 271. The van der Waals surface area contributed by atoms with E-state index < -0.39 is 0 Å². The lowest BCUT2D eigenvalue weighted by Crippen LogP contribution is -2.33. The first-order valence-electron chi connectivity index (χ1n) is 4.55. The molecule has 0 spiro atoms. The van der Waals surface area contributed by atoms with Crippen LogP contribution in [-0.4, -0.2) is 18.1 Å². The van der Waals surface area contributed by atoms with Crippen LogP contribution in [0.25, 0.3) is 0 Å². The molecule has 1 aliphatic carbocycles. The number of rotatable bonds is 1. The first-order valence-corrected chi connectivity index (χ1v) is 4.55. The van der Waals surface area contributed by atoms with E-state index in [0.717, 1.165) is 13.1 Å². The average Bonchev–Trinajstić information content (AvgIpc) is 2.37. The maximum Gasteiger partial charge on any atom is 0.0524 e. The van der Waals surface area contributed by atoms with Crippen LogP contribution in [0.4, 0.5) is 0 Å². The highest BCUT2D eigenvalue weighted by Gasteiger charge is 2.50. The molecule has 2 atom stereocenters. The second kappa shape index (κ2) is 2.44. The summed E-state index contributed by atoms with van der Waals surface area (Å²) in [7, 11) is 0. The van der Waals surface area contributed by atoms with Crippen LogP contribution in [0.3, 0.4) is 0 Å². The van der Waals surface area contributed by atoms with E-state index in [2.05, 4.69) is 43.4 Å². The standard InChI is InChI=1S/C10H14N2O/c1-9-5-3-4-6-10(9,2)8-12(7-9)11-13/h3-6H,7-8H2,1-2H3/t9-,10+. The predicted octanol–water partition coefficient (Wildman–Crippen LogP) is 2.12. The van der Waals surface area contributed by atoms with Gasteiger partial charge in [0.15, 0.2) is 0 Å². The fourth-order valence-corrected chi connectivity index (χ4v) is 2.26. The third-order valence-electron chi connectivity index (χ3n) is 3.48. The van der Waals surface area contributed by atoms with E-state index >= 15 is 0 Å². The summed E-state index contributed by atoms with van der Waals surface area (Å²) in [6.07, 6.45) is 8.46. The van der Waals surface area contributed by atoms with Crippen LogP contribution in [0.2, 0.25) is 0 Å². The van der Waals surface area contributed by atoms with Crippen LogP contribution in [0, 0.1) is 15.7 Å². The van der Waals surface area contributed by atoms with Gasteiger partial charge >= 0.3 is 0 Å². The Balaban J connectivity index is 2.37. The Morgan fingerprint density at radius 1 is 1.15 bits per heavy atom. The highest BCUT2D eigenvalue weighted by molar-refractivity contribution is 5.27. The Kier molecular flexibility index (Phi) is 1.59. The smallest absolute Gasteiger partial charge is 0.0524 e. The van der Waals surface area contributed by atoms with Crippen molar-refractivity contribution in [1.82, 2.24) is 5.01 Å². The fraction of sp³-hybridized carbons (Fsp3) is 0.600. The number of hydrogen-bond donors (Lipinski definition) is 0. The highest BCUT2D eigenvalue weighted by Crippen LogP contribution is 2.49. The monoisotopic (exact) mass is 178 g/mol. The van der Waals surface area contributed by atoms with Gasteiger partial charge in [-0.1, -0.05) is 38.2 Å². The van der Waals surface area contributed by atoms with E-state index in [1.54, 1.807) is 5.01 Å². The van der Waals surface area contributed by atoms with Gasteiger partial charge in [0.05, 0.1) is 5.29 Å². The maximum atomic E-state index is 10.5. The molecule has 1 heterocycles. The van der Waals surface area contributed by atoms with Gasteiger partial charge in [0.2, 0.25) is 0 Å². The van der Waals surface area contributed by atoms with E-state index in [4.69, 9.17) is 0 Å². The van der Waals surface area contributed by atoms with E-state index in [-0.39, 0.29) is 10.8 Å². The average molecular weight is 178 g/mol. The summed E-state index contributed by atoms with van der Waals surface area (Å²) in [5.74, 6) is 0. The summed E-state index contributed by atoms with van der Waals surface area (Å²) in [4.78, 5) is 10.5. The topological polar surface area (TPSA) is 32.7 Å². The molecule has 0 saturated carbocycles. The van der Waals surface area contributed by atoms with Gasteiger partial charge in [0, 0.05) is 23.9 Å². The summed E-state index contributed by atoms with van der Waals surface area (Å²) in [6.45, 7) is 5.82. The molecule has 0 amide bonds. The number of hydrogen-bond acceptors (Lipinski definition) is 2. The molecule has 0 radical (unpaired) electrons. The normalized spacial score (nSPS) is 42.2. The Hall–Kier alpha value is -1.12. The minimum atomic E-state index is 0.0651. The van der Waals surface area contributed by atoms with Crippen molar-refractivity contribution in [3.8, 4) is 0 Å². The molecule has 1 fully saturated rings. The molecule has 0 aromatic rings. The first-order chi connectivity index (χ1) is 6.10. The molecule has 2 rings (SSSR count). The fourth-order valence-electron chi connectivity index (χ4n) is 2.26. The number of fused-ring (bicyclic) bond motifs is 1. The van der Waals surface area contributed by atoms with Crippen molar-refractivity contribution in [2.45, 2.75) is 13.8 Å². The van der Waals surface area contributed by atoms with Crippen molar-refractivity contribution in [1.29, 1.82) is 0 Å². The summed E-state index contributed by atoms with van der Waals surface area (Å²) < 4.78 is 0. The molecular formula is C10H14N2O. The van der Waals surface area contributed by atoms with Crippen LogP contribution in [0.5, 0.6) is 0 Å². The van der Waals surface area contributed by atoms with Gasteiger partial charge in [0.25, 0.3) is 0 Å². The zero-order valence-corrected chi connectivity index (χ0v) is 8.03. The van der Waals surface area contributed by atoms with Crippen molar-refractivity contribution in [2.75, 3.05) is 13.1 Å². The van der Waals surface area contributed by atoms with Gasteiger partial charge in [-0.15, -0.1) is 4.91 Å². The Morgan fingerprint density at radius 2 is 1.62 bits per heavy atom. The van der Waals surface area contributed by atoms with E-state index in [1.165, 1.54) is 0 Å². The molecule has 0 aromatic heterocycles. The summed E-state index contributed by atoms with van der Waals surface area (Å²) in [5, 5.41) is 4.63. The second-order valence-corrected chi connectivity index (χ2v) is 4.46. The summed E-state index contributed by atoms with van der Waals surface area (Å²) >= 11 is 0. The number of nitrogens with zero attached hydrogens (tertiary/aromatic N) is 2. The number of allylic oxidation sites excluding steroid dienone is 2. The predicted molar refractivity (Wildman–Crippen MR) is 51.9 cm³/mol. The van der Waals surface area contributed by atoms with E-state index in [1.807, 2.05) is 0 Å². The Morgan fingerprint density at radius 3 is 2.00 bits per heavy atom. The molecule has 0 N–H and O–H groups in total. The SMILES string of the molecule is C[C@@]12C=CC=C[C@]1(C)CN(N=O)C2. The van der Waals surface area contributed by atoms with Gasteiger partial charge in [-0.3, -0.25) is 5.01 Å². The molecule has 0 bridgehead atoms. The van der Waals surface area contributed by atoms with Crippen LogP contribution in [-0.2, 0) is 0 Å². The first kappa shape index (κ1) is 8.48. The molecular weight excluding hydrogens is 164 g/mol. The molecule has 1 aliphatic heterocycles. The molecule has 2 aliphatic rings. The van der Waals surface area contributed by atoms with E-state index in [0.29, 0.717) is 0 Å². The third-order valence-corrected chi connectivity index (χ3v) is 3.48. The third kappa shape index (κ3) is 1.03. The van der Waals surface area contributed by atoms with Crippen LogP contribution < -0.4 is 0 Å². The minimum absolute atomic E-state index is 0.0651. The molecule has 70 valence electrons. The lowest BCUT2D eigenvalue weighted by molar-refractivity contribution is 0.259. The highest BCUT2D eigenvalue weighted by atomic mass is 16.3. The van der Waals surface area contributed by atoms with Gasteiger partial charge in [0.1, 0.15) is 0 Å². The second-order valence-electron chi connectivity index (χ2n) is 4.46. The molecule has 0 aromatic carbocycles. The van der Waals surface area contributed by atoms with Crippen molar-refractivity contribution in [3.05, 3.63) is 29.2 Å². The molecule has 3 heteroatoms.